The van der Waals surface area contributed by atoms with Crippen LogP contribution in [0.25, 0.3) is 0 Å². The summed E-state index contributed by atoms with van der Waals surface area (Å²) in [6.07, 6.45) is 1.78. The minimum Gasteiger partial charge on any atom is -0.389 e. The second-order valence-corrected chi connectivity index (χ2v) is 5.10. The Morgan fingerprint density at radius 3 is 2.71 bits per heavy atom. The normalized spacial score (nSPS) is 13.5. The van der Waals surface area contributed by atoms with Crippen molar-refractivity contribution in [1.29, 1.82) is 0 Å². The number of nitrogens with one attached hydrogen (secondary N) is 1. The van der Waals surface area contributed by atoms with Crippen molar-refractivity contribution in [1.82, 2.24) is 10.3 Å². The van der Waals surface area contributed by atoms with Crippen molar-refractivity contribution in [2.75, 3.05) is 25.5 Å². The summed E-state index contributed by atoms with van der Waals surface area (Å²) in [5, 5.41) is 13.1. The Kier molecular flexibility index (Phi) is 4.48. The Labute approximate surface area is 104 Å². The average molecular weight is 237 g/mol. The SMILES string of the molecule is CNC(C)c1cccnc1N(C)CC(C)(C)O. The van der Waals surface area contributed by atoms with Gasteiger partial charge in [-0.2, -0.15) is 0 Å². The first kappa shape index (κ1) is 13.9. The fourth-order valence-corrected chi connectivity index (χ4v) is 1.88. The Morgan fingerprint density at radius 1 is 1.53 bits per heavy atom. The average Bonchev–Trinajstić information content (AvgIpc) is 2.25. The van der Waals surface area contributed by atoms with Gasteiger partial charge in [-0.15, -0.1) is 0 Å². The third-order valence-corrected chi connectivity index (χ3v) is 2.70. The fraction of sp³-hybridized carbons (Fsp3) is 0.615. The molecule has 96 valence electrons. The molecule has 0 aliphatic rings. The summed E-state index contributed by atoms with van der Waals surface area (Å²) in [5.41, 5.74) is 0.411. The van der Waals surface area contributed by atoms with E-state index >= 15 is 0 Å². The van der Waals surface area contributed by atoms with Gasteiger partial charge in [-0.25, -0.2) is 4.98 Å². The van der Waals surface area contributed by atoms with Gasteiger partial charge in [0.25, 0.3) is 0 Å². The van der Waals surface area contributed by atoms with E-state index in [-0.39, 0.29) is 6.04 Å². The van der Waals surface area contributed by atoms with E-state index in [0.717, 1.165) is 11.4 Å². The number of likely N-dealkylation sites (N-methyl/N-ethyl adjacent to an activating group) is 1. The Morgan fingerprint density at radius 2 is 2.18 bits per heavy atom. The zero-order valence-electron chi connectivity index (χ0n) is 11.4. The smallest absolute Gasteiger partial charge is 0.133 e. The summed E-state index contributed by atoms with van der Waals surface area (Å²) in [6.45, 7) is 6.24. The lowest BCUT2D eigenvalue weighted by Gasteiger charge is -2.29. The van der Waals surface area contributed by atoms with E-state index in [9.17, 15) is 5.11 Å². The molecule has 0 aliphatic heterocycles. The van der Waals surface area contributed by atoms with Crippen molar-refractivity contribution in [3.05, 3.63) is 23.9 Å². The zero-order valence-corrected chi connectivity index (χ0v) is 11.4. The number of pyridine rings is 1. The van der Waals surface area contributed by atoms with E-state index in [1.54, 1.807) is 20.0 Å². The fourth-order valence-electron chi connectivity index (χ4n) is 1.88. The molecule has 0 saturated carbocycles. The lowest BCUT2D eigenvalue weighted by Crippen LogP contribution is -2.37. The van der Waals surface area contributed by atoms with Crippen LogP contribution >= 0.6 is 0 Å². The Balaban J connectivity index is 2.97. The molecule has 0 spiro atoms. The largest absolute Gasteiger partial charge is 0.389 e. The minimum absolute atomic E-state index is 0.239. The molecule has 17 heavy (non-hydrogen) atoms. The number of rotatable bonds is 5. The van der Waals surface area contributed by atoms with Gasteiger partial charge in [0.05, 0.1) is 5.60 Å². The van der Waals surface area contributed by atoms with Gasteiger partial charge in [-0.3, -0.25) is 0 Å². The van der Waals surface area contributed by atoms with Gasteiger partial charge in [0.2, 0.25) is 0 Å². The Hall–Kier alpha value is -1.13. The maximum absolute atomic E-state index is 9.85. The number of hydrogen-bond donors (Lipinski definition) is 2. The van der Waals surface area contributed by atoms with Crippen LogP contribution in [0.2, 0.25) is 0 Å². The molecule has 4 nitrogen and oxygen atoms in total. The van der Waals surface area contributed by atoms with Crippen LogP contribution in [0.1, 0.15) is 32.4 Å². The molecule has 1 rings (SSSR count). The molecule has 1 aromatic rings. The molecule has 0 aromatic carbocycles. The first-order valence-corrected chi connectivity index (χ1v) is 5.91. The molecule has 0 amide bonds. The monoisotopic (exact) mass is 237 g/mol. The summed E-state index contributed by atoms with van der Waals surface area (Å²) in [5.74, 6) is 0.913. The molecular formula is C13H23N3O. The highest BCUT2D eigenvalue weighted by atomic mass is 16.3. The molecule has 2 N–H and O–H groups in total. The van der Waals surface area contributed by atoms with E-state index in [4.69, 9.17) is 0 Å². The first-order chi connectivity index (χ1) is 7.85. The zero-order chi connectivity index (χ0) is 13.1. The van der Waals surface area contributed by atoms with Gasteiger partial charge in [-0.1, -0.05) is 6.07 Å². The van der Waals surface area contributed by atoms with Crippen molar-refractivity contribution in [3.63, 3.8) is 0 Å². The van der Waals surface area contributed by atoms with Crippen LogP contribution in [0, 0.1) is 0 Å². The van der Waals surface area contributed by atoms with Crippen LogP contribution in [-0.4, -0.2) is 36.3 Å². The second-order valence-electron chi connectivity index (χ2n) is 5.10. The van der Waals surface area contributed by atoms with Gasteiger partial charge >= 0.3 is 0 Å². The van der Waals surface area contributed by atoms with E-state index in [1.165, 1.54) is 0 Å². The summed E-state index contributed by atoms with van der Waals surface area (Å²) in [7, 11) is 3.88. The van der Waals surface area contributed by atoms with Crippen molar-refractivity contribution < 1.29 is 5.11 Å². The van der Waals surface area contributed by atoms with E-state index in [2.05, 4.69) is 23.3 Å². The molecule has 1 unspecified atom stereocenters. The van der Waals surface area contributed by atoms with E-state index < -0.39 is 5.60 Å². The van der Waals surface area contributed by atoms with Crippen molar-refractivity contribution in [2.24, 2.45) is 0 Å². The highest BCUT2D eigenvalue weighted by Crippen LogP contribution is 2.23. The number of hydrogen-bond acceptors (Lipinski definition) is 4. The number of anilines is 1. The molecule has 1 heterocycles. The van der Waals surface area contributed by atoms with E-state index in [0.29, 0.717) is 6.54 Å². The second kappa shape index (κ2) is 5.47. The van der Waals surface area contributed by atoms with Crippen LogP contribution in [-0.2, 0) is 0 Å². The third kappa shape index (κ3) is 3.98. The molecule has 0 saturated heterocycles. The van der Waals surface area contributed by atoms with Crippen LogP contribution in [0.3, 0.4) is 0 Å². The molecule has 0 radical (unpaired) electrons. The summed E-state index contributed by atoms with van der Waals surface area (Å²) in [4.78, 5) is 6.40. The highest BCUT2D eigenvalue weighted by molar-refractivity contribution is 5.47. The van der Waals surface area contributed by atoms with Crippen LogP contribution in [0.4, 0.5) is 5.82 Å². The molecule has 1 atom stereocenters. The predicted molar refractivity (Wildman–Crippen MR) is 71.3 cm³/mol. The van der Waals surface area contributed by atoms with Crippen molar-refractivity contribution in [2.45, 2.75) is 32.4 Å². The summed E-state index contributed by atoms with van der Waals surface area (Å²) >= 11 is 0. The minimum atomic E-state index is -0.730. The topological polar surface area (TPSA) is 48.4 Å². The maximum Gasteiger partial charge on any atom is 0.133 e. The number of aromatic nitrogens is 1. The predicted octanol–water partition coefficient (Wildman–Crippen LogP) is 1.57. The lowest BCUT2D eigenvalue weighted by atomic mass is 10.1. The number of aliphatic hydroxyl groups is 1. The van der Waals surface area contributed by atoms with Crippen LogP contribution < -0.4 is 10.2 Å². The van der Waals surface area contributed by atoms with Crippen LogP contribution in [0.5, 0.6) is 0 Å². The summed E-state index contributed by atoms with van der Waals surface area (Å²) in [6, 6.07) is 4.23. The quantitative estimate of drug-likeness (QED) is 0.816. The first-order valence-electron chi connectivity index (χ1n) is 5.91. The standard InChI is InChI=1S/C13H23N3O/c1-10(14-4)11-7-6-8-15-12(11)16(5)9-13(2,3)17/h6-8,10,14,17H,9H2,1-5H3. The van der Waals surface area contributed by atoms with Gasteiger partial charge in [0.15, 0.2) is 0 Å². The van der Waals surface area contributed by atoms with Gasteiger partial charge in [-0.05, 0) is 33.9 Å². The molecule has 1 aromatic heterocycles. The molecular weight excluding hydrogens is 214 g/mol. The van der Waals surface area contributed by atoms with Gasteiger partial charge < -0.3 is 15.3 Å². The molecule has 4 heteroatoms. The lowest BCUT2D eigenvalue weighted by molar-refractivity contribution is 0.0884. The van der Waals surface area contributed by atoms with Gasteiger partial charge in [0, 0.05) is 31.4 Å². The van der Waals surface area contributed by atoms with Gasteiger partial charge in [0.1, 0.15) is 5.82 Å². The Bertz CT molecular complexity index is 360. The molecule has 0 bridgehead atoms. The third-order valence-electron chi connectivity index (χ3n) is 2.70. The highest BCUT2D eigenvalue weighted by Gasteiger charge is 2.19. The van der Waals surface area contributed by atoms with Crippen LogP contribution in [0.15, 0.2) is 18.3 Å². The van der Waals surface area contributed by atoms with Crippen molar-refractivity contribution in [3.8, 4) is 0 Å². The summed E-state index contributed by atoms with van der Waals surface area (Å²) < 4.78 is 0. The van der Waals surface area contributed by atoms with Crippen molar-refractivity contribution >= 4 is 5.82 Å². The molecule has 0 aliphatic carbocycles. The maximum atomic E-state index is 9.85. The molecule has 0 fully saturated rings. The van der Waals surface area contributed by atoms with E-state index in [1.807, 2.05) is 25.1 Å². The number of nitrogens with zero attached hydrogens (tertiary/aromatic N) is 2.